The van der Waals surface area contributed by atoms with Gasteiger partial charge < -0.3 is 25.4 Å². The van der Waals surface area contributed by atoms with Crippen molar-refractivity contribution in [1.29, 1.82) is 0 Å². The Hall–Kier alpha value is -3.54. The van der Waals surface area contributed by atoms with Crippen molar-refractivity contribution in [3.63, 3.8) is 0 Å². The summed E-state index contributed by atoms with van der Waals surface area (Å²) < 4.78 is 7.32. The molecule has 2 atom stereocenters. The molecule has 0 saturated carbocycles. The van der Waals surface area contributed by atoms with E-state index in [1.807, 2.05) is 17.0 Å². The van der Waals surface area contributed by atoms with E-state index < -0.39 is 6.23 Å². The van der Waals surface area contributed by atoms with E-state index in [-0.39, 0.29) is 11.6 Å². The summed E-state index contributed by atoms with van der Waals surface area (Å²) in [5.74, 6) is 1.02. The minimum absolute atomic E-state index is 0.151. The fourth-order valence-corrected chi connectivity index (χ4v) is 4.95. The van der Waals surface area contributed by atoms with Crippen molar-refractivity contribution in [3.8, 4) is 5.75 Å². The highest BCUT2D eigenvalue weighted by atomic mass is 16.5. The second-order valence-corrected chi connectivity index (χ2v) is 9.06. The first-order valence-electron chi connectivity index (χ1n) is 12.3. The van der Waals surface area contributed by atoms with E-state index in [0.29, 0.717) is 29.4 Å². The lowest BCUT2D eigenvalue weighted by Crippen LogP contribution is -2.44. The monoisotopic (exact) mass is 492 g/mol. The summed E-state index contributed by atoms with van der Waals surface area (Å²) in [6, 6.07) is 5.86. The Balaban J connectivity index is 1.45. The lowest BCUT2D eigenvalue weighted by Gasteiger charge is -2.35. The van der Waals surface area contributed by atoms with Gasteiger partial charge in [0, 0.05) is 51.0 Å². The number of rotatable bonds is 7. The molecule has 36 heavy (non-hydrogen) atoms. The van der Waals surface area contributed by atoms with Gasteiger partial charge in [-0.05, 0) is 31.1 Å². The molecule has 0 aliphatic carbocycles. The molecule has 11 nitrogen and oxygen atoms in total. The van der Waals surface area contributed by atoms with E-state index in [0.717, 1.165) is 56.9 Å². The van der Waals surface area contributed by atoms with Crippen LogP contribution >= 0.6 is 0 Å². The molecule has 3 aromatic rings. The van der Waals surface area contributed by atoms with Crippen LogP contribution in [0.3, 0.4) is 0 Å². The molecule has 0 bridgehead atoms. The summed E-state index contributed by atoms with van der Waals surface area (Å²) in [5.41, 5.74) is 2.58. The van der Waals surface area contributed by atoms with E-state index >= 15 is 0 Å². The Morgan fingerprint density at radius 2 is 2.08 bits per heavy atom. The number of hydrogen-bond acceptors (Lipinski definition) is 10. The number of nitrogens with zero attached hydrogens (tertiary/aromatic N) is 6. The van der Waals surface area contributed by atoms with Crippen molar-refractivity contribution in [3.05, 3.63) is 53.6 Å². The molecule has 0 radical (unpaired) electrons. The fraction of sp³-hybridized carbons (Fsp3) is 0.440. The second-order valence-electron chi connectivity index (χ2n) is 9.06. The highest BCUT2D eigenvalue weighted by Crippen LogP contribution is 2.32. The van der Waals surface area contributed by atoms with Gasteiger partial charge in [0.2, 0.25) is 5.95 Å². The number of aliphatic hydroxyl groups excluding tert-OH is 1. The molecule has 0 amide bonds. The number of anilines is 3. The van der Waals surface area contributed by atoms with Crippen LogP contribution in [0.1, 0.15) is 18.9 Å². The number of methoxy groups -OCH3 is 1. The summed E-state index contributed by atoms with van der Waals surface area (Å²) in [7, 11) is 1.64. The normalized spacial score (nSPS) is 19.7. The molecule has 2 saturated heterocycles. The molecular weight excluding hydrogens is 460 g/mol. The number of fused-ring (bicyclic) bond motifs is 1. The molecule has 0 spiro atoms. The zero-order valence-corrected chi connectivity index (χ0v) is 20.4. The molecule has 2 aliphatic rings. The third kappa shape index (κ3) is 4.90. The number of aromatic nitrogens is 4. The fourth-order valence-electron chi connectivity index (χ4n) is 4.95. The number of nitrogens with one attached hydrogen (secondary N) is 2. The predicted molar refractivity (Wildman–Crippen MR) is 139 cm³/mol. The van der Waals surface area contributed by atoms with Gasteiger partial charge in [0.1, 0.15) is 17.5 Å². The number of piperidine rings is 1. The standard InChI is InChI=1S/C25H32N8O3/c1-3-22(34)32-10-4-5-18(16-32)33-23(35)15-27-20-14-28-25(30-24(20)33)29-19-7-6-17(13-21(19)36-2)31-11-8-26-9-12-31/h3,6-7,13-15,18,22,26,34H,1,4-5,8-12,16H2,2H3,(H,28,29,30)/t18-,22?/m1/s1. The van der Waals surface area contributed by atoms with Crippen molar-refractivity contribution in [2.75, 3.05) is 56.6 Å². The molecule has 3 N–H and O–H groups in total. The highest BCUT2D eigenvalue weighted by molar-refractivity contribution is 5.73. The van der Waals surface area contributed by atoms with Gasteiger partial charge in [0.05, 0.1) is 31.2 Å². The summed E-state index contributed by atoms with van der Waals surface area (Å²) in [6.45, 7) is 8.73. The number of piperazine rings is 1. The summed E-state index contributed by atoms with van der Waals surface area (Å²) in [6.07, 6.45) is 5.31. The zero-order valence-electron chi connectivity index (χ0n) is 20.4. The zero-order chi connectivity index (χ0) is 25.1. The maximum absolute atomic E-state index is 12.9. The number of likely N-dealkylation sites (tertiary alicyclic amines) is 1. The second kappa shape index (κ2) is 10.6. The third-order valence-electron chi connectivity index (χ3n) is 6.82. The van der Waals surface area contributed by atoms with E-state index in [1.54, 1.807) is 17.9 Å². The van der Waals surface area contributed by atoms with Gasteiger partial charge in [-0.2, -0.15) is 4.98 Å². The first-order chi connectivity index (χ1) is 17.6. The predicted octanol–water partition coefficient (Wildman–Crippen LogP) is 1.49. The Bertz CT molecular complexity index is 1290. The number of aliphatic hydroxyl groups is 1. The molecule has 2 fully saturated rings. The Morgan fingerprint density at radius 3 is 2.86 bits per heavy atom. The van der Waals surface area contributed by atoms with Crippen LogP contribution < -0.4 is 25.8 Å². The van der Waals surface area contributed by atoms with Gasteiger partial charge in [0.25, 0.3) is 5.56 Å². The van der Waals surface area contributed by atoms with Crippen LogP contribution in [0.25, 0.3) is 11.2 Å². The first kappa shape index (κ1) is 24.2. The first-order valence-corrected chi connectivity index (χ1v) is 12.3. The van der Waals surface area contributed by atoms with Crippen molar-refractivity contribution in [1.82, 2.24) is 29.7 Å². The van der Waals surface area contributed by atoms with E-state index in [1.165, 1.54) is 12.3 Å². The average molecular weight is 493 g/mol. The molecule has 11 heteroatoms. The number of hydrogen-bond donors (Lipinski definition) is 3. The quantitative estimate of drug-likeness (QED) is 0.418. The van der Waals surface area contributed by atoms with Crippen LogP contribution in [-0.4, -0.2) is 82.1 Å². The summed E-state index contributed by atoms with van der Waals surface area (Å²) in [4.78, 5) is 30.5. The number of ether oxygens (including phenoxy) is 1. The van der Waals surface area contributed by atoms with E-state index in [2.05, 4.69) is 43.1 Å². The van der Waals surface area contributed by atoms with Crippen molar-refractivity contribution in [2.24, 2.45) is 0 Å². The van der Waals surface area contributed by atoms with Gasteiger partial charge >= 0.3 is 0 Å². The molecule has 190 valence electrons. The lowest BCUT2D eigenvalue weighted by molar-refractivity contribution is 0.0138. The van der Waals surface area contributed by atoms with Gasteiger partial charge in [-0.3, -0.25) is 14.3 Å². The Labute approximate surface area is 209 Å². The topological polar surface area (TPSA) is 121 Å². The molecular formula is C25H32N8O3. The van der Waals surface area contributed by atoms with Crippen LogP contribution in [0.5, 0.6) is 5.75 Å². The molecule has 1 aromatic carbocycles. The summed E-state index contributed by atoms with van der Waals surface area (Å²) >= 11 is 0. The average Bonchev–Trinajstić information content (AvgIpc) is 2.93. The highest BCUT2D eigenvalue weighted by Gasteiger charge is 2.27. The maximum atomic E-state index is 12.9. The maximum Gasteiger partial charge on any atom is 0.270 e. The van der Waals surface area contributed by atoms with Gasteiger partial charge in [-0.1, -0.05) is 6.58 Å². The molecule has 4 heterocycles. The molecule has 5 rings (SSSR count). The molecule has 1 unspecified atom stereocenters. The van der Waals surface area contributed by atoms with Crippen LogP contribution in [0, 0.1) is 0 Å². The van der Waals surface area contributed by atoms with Crippen LogP contribution in [0.15, 0.2) is 48.0 Å². The van der Waals surface area contributed by atoms with Gasteiger partial charge in [-0.15, -0.1) is 0 Å². The van der Waals surface area contributed by atoms with E-state index in [4.69, 9.17) is 4.74 Å². The SMILES string of the molecule is C=CC(O)N1CCC[C@@H](n2c(=O)cnc3cnc(Nc4ccc(N5CCNCC5)cc4OC)nc32)C1. The lowest BCUT2D eigenvalue weighted by atomic mass is 10.0. The Kier molecular flexibility index (Phi) is 7.12. The van der Waals surface area contributed by atoms with Crippen LogP contribution in [0.2, 0.25) is 0 Å². The van der Waals surface area contributed by atoms with Crippen LogP contribution in [0.4, 0.5) is 17.3 Å². The van der Waals surface area contributed by atoms with Gasteiger partial charge in [-0.25, -0.2) is 9.97 Å². The third-order valence-corrected chi connectivity index (χ3v) is 6.82. The van der Waals surface area contributed by atoms with Crippen molar-refractivity contribution >= 4 is 28.5 Å². The van der Waals surface area contributed by atoms with Crippen molar-refractivity contribution < 1.29 is 9.84 Å². The minimum Gasteiger partial charge on any atom is -0.494 e. The smallest absolute Gasteiger partial charge is 0.270 e. The molecule has 2 aromatic heterocycles. The molecule has 2 aliphatic heterocycles. The Morgan fingerprint density at radius 1 is 1.25 bits per heavy atom. The van der Waals surface area contributed by atoms with Crippen LogP contribution in [-0.2, 0) is 0 Å². The largest absolute Gasteiger partial charge is 0.494 e. The van der Waals surface area contributed by atoms with Gasteiger partial charge in [0.15, 0.2) is 5.65 Å². The summed E-state index contributed by atoms with van der Waals surface area (Å²) in [5, 5.41) is 16.9. The minimum atomic E-state index is -0.750. The van der Waals surface area contributed by atoms with E-state index in [9.17, 15) is 9.90 Å². The number of benzene rings is 1. The van der Waals surface area contributed by atoms with Crippen molar-refractivity contribution in [2.45, 2.75) is 25.1 Å².